The lowest BCUT2D eigenvalue weighted by Gasteiger charge is -2.24. The molecule has 0 aliphatic carbocycles. The lowest BCUT2D eigenvalue weighted by atomic mass is 9.95. The predicted octanol–water partition coefficient (Wildman–Crippen LogP) is -0.407. The molecule has 2 atom stereocenters. The first kappa shape index (κ1) is 9.39. The van der Waals surface area contributed by atoms with Crippen molar-refractivity contribution >= 4 is 5.97 Å². The average molecular weight is 148 g/mol. The van der Waals surface area contributed by atoms with Crippen LogP contribution in [0.25, 0.3) is 0 Å². The van der Waals surface area contributed by atoms with Crippen LogP contribution in [-0.2, 0) is 4.79 Å². The van der Waals surface area contributed by atoms with E-state index < -0.39 is 17.7 Å². The molecular weight excluding hydrogens is 136 g/mol. The lowest BCUT2D eigenvalue weighted by molar-refractivity contribution is -0.170. The van der Waals surface area contributed by atoms with Crippen molar-refractivity contribution < 1.29 is 20.1 Å². The molecule has 0 aromatic carbocycles. The quantitative estimate of drug-likeness (QED) is 0.508. The monoisotopic (exact) mass is 148 g/mol. The summed E-state index contributed by atoms with van der Waals surface area (Å²) in [6.07, 6.45) is -1.24. The highest BCUT2D eigenvalue weighted by molar-refractivity contribution is 5.77. The summed E-state index contributed by atoms with van der Waals surface area (Å²) in [6.45, 7) is 2.75. The van der Waals surface area contributed by atoms with Crippen LogP contribution in [0.4, 0.5) is 0 Å². The Kier molecular flexibility index (Phi) is 2.80. The van der Waals surface area contributed by atoms with Gasteiger partial charge in [0.2, 0.25) is 0 Å². The van der Waals surface area contributed by atoms with E-state index in [0.29, 0.717) is 0 Å². The molecule has 60 valence electrons. The second kappa shape index (κ2) is 2.98. The molecule has 0 aliphatic heterocycles. The molecule has 10 heavy (non-hydrogen) atoms. The predicted molar refractivity (Wildman–Crippen MR) is 34.6 cm³/mol. The van der Waals surface area contributed by atoms with Gasteiger partial charge in [0.1, 0.15) is 0 Å². The molecule has 0 bridgehead atoms. The number of hydrogen-bond acceptors (Lipinski definition) is 3. The van der Waals surface area contributed by atoms with Crippen LogP contribution in [0.1, 0.15) is 20.3 Å². The molecule has 0 saturated carbocycles. The molecule has 2 unspecified atom stereocenters. The minimum atomic E-state index is -1.99. The van der Waals surface area contributed by atoms with E-state index in [1.54, 1.807) is 0 Å². The number of hydrogen-bond donors (Lipinski definition) is 3. The standard InChI is InChI=1S/C6H12O4/c1-3-6(10,4(2)7)5(8)9/h4,7,10H,3H2,1-2H3,(H,8,9). The Morgan fingerprint density at radius 1 is 1.70 bits per heavy atom. The van der Waals surface area contributed by atoms with Crippen LogP contribution < -0.4 is 0 Å². The Hall–Kier alpha value is -0.610. The van der Waals surface area contributed by atoms with Crippen LogP contribution >= 0.6 is 0 Å². The highest BCUT2D eigenvalue weighted by Crippen LogP contribution is 2.14. The van der Waals surface area contributed by atoms with Crippen molar-refractivity contribution in [2.75, 3.05) is 0 Å². The van der Waals surface area contributed by atoms with Crippen molar-refractivity contribution in [3.05, 3.63) is 0 Å². The van der Waals surface area contributed by atoms with Crippen LogP contribution in [0.15, 0.2) is 0 Å². The van der Waals surface area contributed by atoms with Gasteiger partial charge in [-0.1, -0.05) is 6.92 Å². The molecule has 4 nitrogen and oxygen atoms in total. The van der Waals surface area contributed by atoms with E-state index in [9.17, 15) is 4.79 Å². The van der Waals surface area contributed by atoms with E-state index in [1.165, 1.54) is 13.8 Å². The zero-order valence-corrected chi connectivity index (χ0v) is 6.03. The first-order valence-electron chi connectivity index (χ1n) is 3.09. The number of carboxylic acids is 1. The highest BCUT2D eigenvalue weighted by Gasteiger charge is 2.38. The minimum Gasteiger partial charge on any atom is -0.479 e. The fourth-order valence-electron chi connectivity index (χ4n) is 0.625. The van der Waals surface area contributed by atoms with Crippen molar-refractivity contribution in [3.8, 4) is 0 Å². The van der Waals surface area contributed by atoms with Gasteiger partial charge in [0.05, 0.1) is 6.10 Å². The van der Waals surface area contributed by atoms with Gasteiger partial charge in [-0.15, -0.1) is 0 Å². The smallest absolute Gasteiger partial charge is 0.338 e. The number of aliphatic hydroxyl groups is 2. The second-order valence-corrected chi connectivity index (χ2v) is 2.26. The summed E-state index contributed by atoms with van der Waals surface area (Å²) in [7, 11) is 0. The van der Waals surface area contributed by atoms with Crippen LogP contribution in [0, 0.1) is 0 Å². The molecule has 0 fully saturated rings. The molecule has 0 heterocycles. The van der Waals surface area contributed by atoms with E-state index >= 15 is 0 Å². The van der Waals surface area contributed by atoms with Crippen molar-refractivity contribution in [1.29, 1.82) is 0 Å². The van der Waals surface area contributed by atoms with Crippen LogP contribution in [0.3, 0.4) is 0 Å². The third kappa shape index (κ3) is 1.46. The fraction of sp³-hybridized carbons (Fsp3) is 0.833. The molecule has 0 rings (SSSR count). The summed E-state index contributed by atoms with van der Waals surface area (Å²) < 4.78 is 0. The number of carboxylic acid groups (broad SMARTS) is 1. The maximum absolute atomic E-state index is 10.3. The highest BCUT2D eigenvalue weighted by atomic mass is 16.4. The Bertz CT molecular complexity index is 132. The Balaban J connectivity index is 4.38. The molecule has 0 spiro atoms. The molecule has 0 aliphatic rings. The Morgan fingerprint density at radius 3 is 2.10 bits per heavy atom. The summed E-state index contributed by atoms with van der Waals surface area (Å²) in [5.41, 5.74) is -1.99. The van der Waals surface area contributed by atoms with Gasteiger partial charge in [-0.25, -0.2) is 4.79 Å². The maximum atomic E-state index is 10.3. The van der Waals surface area contributed by atoms with Crippen LogP contribution in [0.5, 0.6) is 0 Å². The van der Waals surface area contributed by atoms with Gasteiger partial charge in [0.15, 0.2) is 5.60 Å². The number of rotatable bonds is 3. The van der Waals surface area contributed by atoms with E-state index in [0.717, 1.165) is 0 Å². The Morgan fingerprint density at radius 2 is 2.10 bits per heavy atom. The summed E-state index contributed by atoms with van der Waals surface area (Å²) in [6, 6.07) is 0. The average Bonchev–Trinajstić information content (AvgIpc) is 1.85. The van der Waals surface area contributed by atoms with E-state index in [4.69, 9.17) is 15.3 Å². The summed E-state index contributed by atoms with van der Waals surface area (Å²) in [5, 5.41) is 26.3. The normalized spacial score (nSPS) is 19.6. The Labute approximate surface area is 59.1 Å². The van der Waals surface area contributed by atoms with Crippen molar-refractivity contribution in [2.24, 2.45) is 0 Å². The van der Waals surface area contributed by atoms with Gasteiger partial charge in [-0.2, -0.15) is 0 Å². The molecule has 0 radical (unpaired) electrons. The van der Waals surface area contributed by atoms with Gasteiger partial charge in [-0.05, 0) is 13.3 Å². The SMILES string of the molecule is CCC(O)(C(=O)O)C(C)O. The van der Waals surface area contributed by atoms with Gasteiger partial charge in [0, 0.05) is 0 Å². The summed E-state index contributed by atoms with van der Waals surface area (Å²) in [4.78, 5) is 10.3. The van der Waals surface area contributed by atoms with Gasteiger partial charge in [0.25, 0.3) is 0 Å². The number of aliphatic hydroxyl groups excluding tert-OH is 1. The first-order chi connectivity index (χ1) is 4.45. The molecule has 0 amide bonds. The van der Waals surface area contributed by atoms with E-state index in [1.807, 2.05) is 0 Å². The molecule has 0 saturated heterocycles. The number of carbonyl (C=O) groups is 1. The van der Waals surface area contributed by atoms with Crippen molar-refractivity contribution in [1.82, 2.24) is 0 Å². The molecule has 0 aromatic rings. The first-order valence-corrected chi connectivity index (χ1v) is 3.09. The van der Waals surface area contributed by atoms with Gasteiger partial charge in [-0.3, -0.25) is 0 Å². The zero-order valence-electron chi connectivity index (χ0n) is 6.03. The summed E-state index contributed by atoms with van der Waals surface area (Å²) >= 11 is 0. The topological polar surface area (TPSA) is 77.8 Å². The second-order valence-electron chi connectivity index (χ2n) is 2.26. The van der Waals surface area contributed by atoms with E-state index in [-0.39, 0.29) is 6.42 Å². The maximum Gasteiger partial charge on any atom is 0.338 e. The molecule has 3 N–H and O–H groups in total. The van der Waals surface area contributed by atoms with Crippen LogP contribution in [0.2, 0.25) is 0 Å². The van der Waals surface area contributed by atoms with Crippen molar-refractivity contribution in [3.63, 3.8) is 0 Å². The minimum absolute atomic E-state index is 0. The zero-order chi connectivity index (χ0) is 8.36. The van der Waals surface area contributed by atoms with Crippen molar-refractivity contribution in [2.45, 2.75) is 32.0 Å². The fourth-order valence-corrected chi connectivity index (χ4v) is 0.625. The molecular formula is C6H12O4. The van der Waals surface area contributed by atoms with Crippen LogP contribution in [-0.4, -0.2) is 33.0 Å². The lowest BCUT2D eigenvalue weighted by Crippen LogP contribution is -2.47. The van der Waals surface area contributed by atoms with Gasteiger partial charge >= 0.3 is 5.97 Å². The third-order valence-corrected chi connectivity index (χ3v) is 1.60. The number of aliphatic carboxylic acids is 1. The summed E-state index contributed by atoms with van der Waals surface area (Å²) in [5.74, 6) is -1.38. The van der Waals surface area contributed by atoms with Gasteiger partial charge < -0.3 is 15.3 Å². The molecule has 4 heteroatoms. The largest absolute Gasteiger partial charge is 0.479 e. The van der Waals surface area contributed by atoms with E-state index in [2.05, 4.69) is 0 Å². The molecule has 0 aromatic heterocycles. The third-order valence-electron chi connectivity index (χ3n) is 1.60.